The molecular formula is C11H16ClN. The summed E-state index contributed by atoms with van der Waals surface area (Å²) in [5.74, 6) is 0. The molecule has 0 aliphatic carbocycles. The van der Waals surface area contributed by atoms with Crippen molar-refractivity contribution in [2.45, 2.75) is 31.8 Å². The highest BCUT2D eigenvalue weighted by Gasteiger charge is 2.20. The van der Waals surface area contributed by atoms with Gasteiger partial charge in [0.1, 0.15) is 0 Å². The van der Waals surface area contributed by atoms with Crippen LogP contribution in [-0.2, 0) is 0 Å². The average Bonchev–Trinajstić information content (AvgIpc) is 2.54. The highest BCUT2D eigenvalue weighted by Crippen LogP contribution is 2.25. The zero-order valence-corrected chi connectivity index (χ0v) is 8.68. The molecule has 1 aliphatic rings. The lowest BCUT2D eigenvalue weighted by Gasteiger charge is -2.11. The van der Waals surface area contributed by atoms with Gasteiger partial charge in [0.25, 0.3) is 0 Å². The molecule has 1 aromatic carbocycles. The SMILES string of the molecule is C[C@@H]1CC[C@H](c2ccccc2)N1.Cl. The fourth-order valence-corrected chi connectivity index (χ4v) is 1.88. The van der Waals surface area contributed by atoms with Crippen LogP contribution in [0.1, 0.15) is 31.4 Å². The van der Waals surface area contributed by atoms with Crippen LogP contribution in [0, 0.1) is 0 Å². The van der Waals surface area contributed by atoms with Gasteiger partial charge in [0.2, 0.25) is 0 Å². The van der Waals surface area contributed by atoms with Crippen LogP contribution in [-0.4, -0.2) is 6.04 Å². The van der Waals surface area contributed by atoms with E-state index >= 15 is 0 Å². The van der Waals surface area contributed by atoms with Gasteiger partial charge in [-0.05, 0) is 25.3 Å². The molecule has 1 heterocycles. The van der Waals surface area contributed by atoms with Gasteiger partial charge in [-0.1, -0.05) is 30.3 Å². The van der Waals surface area contributed by atoms with E-state index in [1.165, 1.54) is 18.4 Å². The minimum Gasteiger partial charge on any atom is -0.307 e. The van der Waals surface area contributed by atoms with Crippen LogP contribution >= 0.6 is 12.4 Å². The first kappa shape index (κ1) is 10.6. The highest BCUT2D eigenvalue weighted by atomic mass is 35.5. The predicted octanol–water partition coefficient (Wildman–Crippen LogP) is 2.92. The van der Waals surface area contributed by atoms with Crippen molar-refractivity contribution in [1.82, 2.24) is 5.32 Å². The van der Waals surface area contributed by atoms with Crippen molar-refractivity contribution in [2.75, 3.05) is 0 Å². The van der Waals surface area contributed by atoms with Crippen LogP contribution < -0.4 is 5.32 Å². The molecule has 0 radical (unpaired) electrons. The number of nitrogens with one attached hydrogen (secondary N) is 1. The Bertz CT molecular complexity index is 248. The van der Waals surface area contributed by atoms with E-state index in [1.54, 1.807) is 0 Å². The second kappa shape index (κ2) is 4.64. The van der Waals surface area contributed by atoms with Gasteiger partial charge in [0, 0.05) is 12.1 Å². The van der Waals surface area contributed by atoms with E-state index in [0.717, 1.165) is 0 Å². The van der Waals surface area contributed by atoms with Gasteiger partial charge in [-0.3, -0.25) is 0 Å². The molecule has 0 aromatic heterocycles. The highest BCUT2D eigenvalue weighted by molar-refractivity contribution is 5.85. The summed E-state index contributed by atoms with van der Waals surface area (Å²) in [6, 6.07) is 12.0. The maximum absolute atomic E-state index is 3.57. The van der Waals surface area contributed by atoms with Crippen LogP contribution in [0.5, 0.6) is 0 Å². The largest absolute Gasteiger partial charge is 0.307 e. The van der Waals surface area contributed by atoms with Crippen molar-refractivity contribution < 1.29 is 0 Å². The number of hydrogen-bond acceptors (Lipinski definition) is 1. The molecule has 2 heteroatoms. The molecule has 0 unspecified atom stereocenters. The van der Waals surface area contributed by atoms with Gasteiger partial charge < -0.3 is 5.32 Å². The third-order valence-electron chi connectivity index (χ3n) is 2.58. The van der Waals surface area contributed by atoms with E-state index in [4.69, 9.17) is 0 Å². The fourth-order valence-electron chi connectivity index (χ4n) is 1.88. The van der Waals surface area contributed by atoms with Crippen molar-refractivity contribution in [3.63, 3.8) is 0 Å². The summed E-state index contributed by atoms with van der Waals surface area (Å²) in [5.41, 5.74) is 1.43. The monoisotopic (exact) mass is 197 g/mol. The Morgan fingerprint density at radius 2 is 1.85 bits per heavy atom. The standard InChI is InChI=1S/C11H15N.ClH/c1-9-7-8-11(12-9)10-5-3-2-4-6-10;/h2-6,9,11-12H,7-8H2,1H3;1H/t9-,11-;/m1./s1. The molecule has 1 N–H and O–H groups in total. The lowest BCUT2D eigenvalue weighted by molar-refractivity contribution is 0.585. The topological polar surface area (TPSA) is 12.0 Å². The Morgan fingerprint density at radius 3 is 2.38 bits per heavy atom. The minimum absolute atomic E-state index is 0. The van der Waals surface area contributed by atoms with Crippen LogP contribution in [0.4, 0.5) is 0 Å². The van der Waals surface area contributed by atoms with Gasteiger partial charge in [-0.2, -0.15) is 0 Å². The first-order chi connectivity index (χ1) is 5.86. The van der Waals surface area contributed by atoms with Crippen molar-refractivity contribution >= 4 is 12.4 Å². The first-order valence-electron chi connectivity index (χ1n) is 4.67. The second-order valence-electron chi connectivity index (χ2n) is 3.61. The van der Waals surface area contributed by atoms with Crippen molar-refractivity contribution in [1.29, 1.82) is 0 Å². The smallest absolute Gasteiger partial charge is 0.0323 e. The van der Waals surface area contributed by atoms with E-state index < -0.39 is 0 Å². The van der Waals surface area contributed by atoms with Gasteiger partial charge in [0.15, 0.2) is 0 Å². The molecule has 2 atom stereocenters. The van der Waals surface area contributed by atoms with E-state index in [9.17, 15) is 0 Å². The summed E-state index contributed by atoms with van der Waals surface area (Å²) in [6.45, 7) is 2.25. The molecule has 1 aromatic rings. The van der Waals surface area contributed by atoms with Crippen LogP contribution in [0.2, 0.25) is 0 Å². The first-order valence-corrected chi connectivity index (χ1v) is 4.67. The molecule has 1 fully saturated rings. The normalized spacial score (nSPS) is 26.8. The summed E-state index contributed by atoms with van der Waals surface area (Å²) >= 11 is 0. The molecule has 13 heavy (non-hydrogen) atoms. The lowest BCUT2D eigenvalue weighted by atomic mass is 10.1. The van der Waals surface area contributed by atoms with Crippen LogP contribution in [0.25, 0.3) is 0 Å². The zero-order chi connectivity index (χ0) is 8.39. The molecule has 2 rings (SSSR count). The van der Waals surface area contributed by atoms with E-state index in [2.05, 4.69) is 42.6 Å². The molecule has 0 bridgehead atoms. The van der Waals surface area contributed by atoms with Crippen molar-refractivity contribution in [2.24, 2.45) is 0 Å². The van der Waals surface area contributed by atoms with Gasteiger partial charge in [-0.15, -0.1) is 12.4 Å². The minimum atomic E-state index is 0. The Labute approximate surface area is 86.0 Å². The predicted molar refractivity (Wildman–Crippen MR) is 58.3 cm³/mol. The Kier molecular flexibility index (Phi) is 3.76. The molecular weight excluding hydrogens is 182 g/mol. The van der Waals surface area contributed by atoms with Gasteiger partial charge in [-0.25, -0.2) is 0 Å². The van der Waals surface area contributed by atoms with E-state index in [0.29, 0.717) is 12.1 Å². The summed E-state index contributed by atoms with van der Waals surface area (Å²) in [7, 11) is 0. The molecule has 0 saturated carbocycles. The van der Waals surface area contributed by atoms with Crippen molar-refractivity contribution in [3.05, 3.63) is 35.9 Å². The molecule has 1 nitrogen and oxygen atoms in total. The summed E-state index contributed by atoms with van der Waals surface area (Å²) in [5, 5.41) is 3.57. The summed E-state index contributed by atoms with van der Waals surface area (Å²) in [6.07, 6.45) is 2.59. The number of rotatable bonds is 1. The number of halogens is 1. The van der Waals surface area contributed by atoms with Crippen LogP contribution in [0.3, 0.4) is 0 Å². The number of hydrogen-bond donors (Lipinski definition) is 1. The van der Waals surface area contributed by atoms with Gasteiger partial charge in [0.05, 0.1) is 0 Å². The lowest BCUT2D eigenvalue weighted by Crippen LogP contribution is -2.20. The fraction of sp³-hybridized carbons (Fsp3) is 0.455. The van der Waals surface area contributed by atoms with Crippen molar-refractivity contribution in [3.8, 4) is 0 Å². The van der Waals surface area contributed by atoms with E-state index in [1.807, 2.05) is 0 Å². The summed E-state index contributed by atoms with van der Waals surface area (Å²) < 4.78 is 0. The molecule has 1 saturated heterocycles. The Morgan fingerprint density at radius 1 is 1.15 bits per heavy atom. The maximum Gasteiger partial charge on any atom is 0.0323 e. The quantitative estimate of drug-likeness (QED) is 0.730. The molecule has 0 spiro atoms. The second-order valence-corrected chi connectivity index (χ2v) is 3.61. The molecule has 72 valence electrons. The third-order valence-corrected chi connectivity index (χ3v) is 2.58. The average molecular weight is 198 g/mol. The maximum atomic E-state index is 3.57. The third kappa shape index (κ3) is 2.45. The Hall–Kier alpha value is -0.530. The molecule has 0 amide bonds. The molecule has 1 aliphatic heterocycles. The number of benzene rings is 1. The van der Waals surface area contributed by atoms with Crippen LogP contribution in [0.15, 0.2) is 30.3 Å². The zero-order valence-electron chi connectivity index (χ0n) is 7.86. The van der Waals surface area contributed by atoms with Gasteiger partial charge >= 0.3 is 0 Å². The Balaban J connectivity index is 0.000000845. The van der Waals surface area contributed by atoms with E-state index in [-0.39, 0.29) is 12.4 Å². The summed E-state index contributed by atoms with van der Waals surface area (Å²) in [4.78, 5) is 0.